The topological polar surface area (TPSA) is 88.7 Å². The SMILES string of the molecule is O=C(Cn1nc2ccccn2c1=O)NCc1ccc(N2CCCC2=O)cc1. The Morgan fingerprint density at radius 2 is 1.93 bits per heavy atom. The predicted octanol–water partition coefficient (Wildman–Crippen LogP) is 0.939. The molecule has 0 radical (unpaired) electrons. The molecule has 1 aliphatic rings. The summed E-state index contributed by atoms with van der Waals surface area (Å²) < 4.78 is 2.54. The van der Waals surface area contributed by atoms with E-state index < -0.39 is 0 Å². The van der Waals surface area contributed by atoms with Gasteiger partial charge in [0.25, 0.3) is 0 Å². The number of anilines is 1. The summed E-state index contributed by atoms with van der Waals surface area (Å²) in [5.74, 6) is -0.145. The van der Waals surface area contributed by atoms with Crippen LogP contribution in [0.4, 0.5) is 5.69 Å². The van der Waals surface area contributed by atoms with Crippen LogP contribution in [0.15, 0.2) is 53.5 Å². The van der Waals surface area contributed by atoms with Crippen LogP contribution in [0.2, 0.25) is 0 Å². The molecule has 0 unspecified atom stereocenters. The molecule has 0 saturated carbocycles. The van der Waals surface area contributed by atoms with Crippen molar-refractivity contribution < 1.29 is 9.59 Å². The van der Waals surface area contributed by atoms with E-state index in [-0.39, 0.29) is 24.0 Å². The highest BCUT2D eigenvalue weighted by molar-refractivity contribution is 5.95. The molecule has 0 atom stereocenters. The minimum Gasteiger partial charge on any atom is -0.350 e. The Morgan fingerprint density at radius 3 is 2.63 bits per heavy atom. The third-order valence-electron chi connectivity index (χ3n) is 4.59. The molecule has 1 N–H and O–H groups in total. The Kier molecular flexibility index (Phi) is 4.45. The van der Waals surface area contributed by atoms with Crippen LogP contribution in [-0.2, 0) is 22.7 Å². The van der Waals surface area contributed by atoms with Gasteiger partial charge in [0, 0.05) is 31.4 Å². The minimum atomic E-state index is -0.347. The van der Waals surface area contributed by atoms with Crippen LogP contribution in [0.25, 0.3) is 5.65 Å². The lowest BCUT2D eigenvalue weighted by Gasteiger charge is -2.16. The summed E-state index contributed by atoms with van der Waals surface area (Å²) in [6.45, 7) is 0.957. The minimum absolute atomic E-state index is 0.138. The number of hydrogen-bond donors (Lipinski definition) is 1. The number of carbonyl (C=O) groups excluding carboxylic acids is 2. The molecule has 0 bridgehead atoms. The molecule has 4 rings (SSSR count). The van der Waals surface area contributed by atoms with Gasteiger partial charge in [0.2, 0.25) is 11.8 Å². The van der Waals surface area contributed by atoms with Crippen molar-refractivity contribution in [2.75, 3.05) is 11.4 Å². The number of carbonyl (C=O) groups is 2. The van der Waals surface area contributed by atoms with Gasteiger partial charge in [0.1, 0.15) is 6.54 Å². The number of hydrogen-bond acceptors (Lipinski definition) is 4. The molecule has 27 heavy (non-hydrogen) atoms. The van der Waals surface area contributed by atoms with Gasteiger partial charge in [-0.05, 0) is 36.2 Å². The van der Waals surface area contributed by atoms with Gasteiger partial charge in [-0.2, -0.15) is 0 Å². The molecule has 1 aromatic carbocycles. The predicted molar refractivity (Wildman–Crippen MR) is 99.3 cm³/mol. The highest BCUT2D eigenvalue weighted by Gasteiger charge is 2.21. The fourth-order valence-electron chi connectivity index (χ4n) is 3.18. The first kappa shape index (κ1) is 17.0. The average Bonchev–Trinajstić information content (AvgIpc) is 3.24. The Labute approximate surface area is 155 Å². The first-order chi connectivity index (χ1) is 13.1. The zero-order valence-corrected chi connectivity index (χ0v) is 14.7. The number of pyridine rings is 1. The maximum absolute atomic E-state index is 12.2. The third-order valence-corrected chi connectivity index (χ3v) is 4.59. The van der Waals surface area contributed by atoms with Crippen molar-refractivity contribution in [3.05, 3.63) is 64.7 Å². The molecule has 2 aromatic heterocycles. The summed E-state index contributed by atoms with van der Waals surface area (Å²) in [7, 11) is 0. The Hall–Kier alpha value is -3.42. The molecular weight excluding hydrogens is 346 g/mol. The molecule has 1 aliphatic heterocycles. The molecule has 3 aromatic rings. The molecular formula is C19H19N5O3. The van der Waals surface area contributed by atoms with E-state index in [0.717, 1.165) is 28.9 Å². The molecule has 1 fully saturated rings. The quantitative estimate of drug-likeness (QED) is 0.729. The van der Waals surface area contributed by atoms with Gasteiger partial charge in [-0.1, -0.05) is 18.2 Å². The maximum Gasteiger partial charge on any atom is 0.350 e. The molecule has 1 saturated heterocycles. The summed E-state index contributed by atoms with van der Waals surface area (Å²) in [4.78, 5) is 37.9. The van der Waals surface area contributed by atoms with Crippen molar-refractivity contribution >= 4 is 23.1 Å². The van der Waals surface area contributed by atoms with Crippen LogP contribution in [0.1, 0.15) is 18.4 Å². The van der Waals surface area contributed by atoms with Gasteiger partial charge in [0.05, 0.1) is 0 Å². The molecule has 8 heteroatoms. The van der Waals surface area contributed by atoms with Crippen molar-refractivity contribution in [3.63, 3.8) is 0 Å². The third kappa shape index (κ3) is 3.46. The monoisotopic (exact) mass is 365 g/mol. The number of aromatic nitrogens is 3. The maximum atomic E-state index is 12.2. The van der Waals surface area contributed by atoms with Crippen molar-refractivity contribution in [2.45, 2.75) is 25.9 Å². The largest absolute Gasteiger partial charge is 0.350 e. The Balaban J connectivity index is 1.37. The van der Waals surface area contributed by atoms with E-state index in [9.17, 15) is 14.4 Å². The molecule has 138 valence electrons. The number of benzene rings is 1. The fourth-order valence-corrected chi connectivity index (χ4v) is 3.18. The number of nitrogens with one attached hydrogen (secondary N) is 1. The second kappa shape index (κ2) is 7.06. The molecule has 2 amide bonds. The van der Waals surface area contributed by atoms with E-state index >= 15 is 0 Å². The highest BCUT2D eigenvalue weighted by atomic mass is 16.2. The van der Waals surface area contributed by atoms with E-state index in [4.69, 9.17) is 0 Å². The van der Waals surface area contributed by atoms with Crippen LogP contribution in [-0.4, -0.2) is 32.5 Å². The van der Waals surface area contributed by atoms with Crippen molar-refractivity contribution in [1.29, 1.82) is 0 Å². The van der Waals surface area contributed by atoms with Gasteiger partial charge < -0.3 is 10.2 Å². The zero-order valence-electron chi connectivity index (χ0n) is 14.7. The normalized spacial score (nSPS) is 14.1. The number of fused-ring (bicyclic) bond motifs is 1. The van der Waals surface area contributed by atoms with E-state index in [1.54, 1.807) is 29.3 Å². The van der Waals surface area contributed by atoms with Crippen LogP contribution < -0.4 is 15.9 Å². The van der Waals surface area contributed by atoms with Crippen LogP contribution >= 0.6 is 0 Å². The smallest absolute Gasteiger partial charge is 0.350 e. The summed E-state index contributed by atoms with van der Waals surface area (Å²) in [5, 5.41) is 6.93. The van der Waals surface area contributed by atoms with Gasteiger partial charge in [0.15, 0.2) is 5.65 Å². The van der Waals surface area contributed by atoms with E-state index in [1.165, 1.54) is 4.40 Å². The molecule has 3 heterocycles. The van der Waals surface area contributed by atoms with Gasteiger partial charge in [-0.3, -0.25) is 14.0 Å². The fraction of sp³-hybridized carbons (Fsp3) is 0.263. The van der Waals surface area contributed by atoms with E-state index in [1.807, 2.05) is 24.3 Å². The summed E-state index contributed by atoms with van der Waals surface area (Å²) >= 11 is 0. The Morgan fingerprint density at radius 1 is 1.11 bits per heavy atom. The summed E-state index contributed by atoms with van der Waals surface area (Å²) in [6, 6.07) is 12.8. The number of nitrogens with zero attached hydrogens (tertiary/aromatic N) is 4. The molecule has 0 spiro atoms. The molecule has 0 aliphatic carbocycles. The zero-order chi connectivity index (χ0) is 18.8. The number of amides is 2. The van der Waals surface area contributed by atoms with Crippen molar-refractivity contribution in [3.8, 4) is 0 Å². The van der Waals surface area contributed by atoms with E-state index in [2.05, 4.69) is 10.4 Å². The van der Waals surface area contributed by atoms with Crippen molar-refractivity contribution in [2.24, 2.45) is 0 Å². The van der Waals surface area contributed by atoms with Crippen LogP contribution in [0, 0.1) is 0 Å². The van der Waals surface area contributed by atoms with Crippen LogP contribution in [0.5, 0.6) is 0 Å². The van der Waals surface area contributed by atoms with Gasteiger partial charge in [-0.15, -0.1) is 5.10 Å². The van der Waals surface area contributed by atoms with Crippen molar-refractivity contribution in [1.82, 2.24) is 19.5 Å². The average molecular weight is 365 g/mol. The lowest BCUT2D eigenvalue weighted by atomic mass is 10.2. The van der Waals surface area contributed by atoms with Gasteiger partial charge in [-0.25, -0.2) is 9.48 Å². The lowest BCUT2D eigenvalue weighted by molar-refractivity contribution is -0.122. The van der Waals surface area contributed by atoms with E-state index in [0.29, 0.717) is 18.6 Å². The van der Waals surface area contributed by atoms with Gasteiger partial charge >= 0.3 is 5.69 Å². The van der Waals surface area contributed by atoms with Crippen LogP contribution in [0.3, 0.4) is 0 Å². The standard InChI is InChI=1S/C19H19N5O3/c25-17(13-24-19(27)23-10-2-1-4-16(23)21-24)20-12-14-6-8-15(9-7-14)22-11-3-5-18(22)26/h1-2,4,6-10H,3,5,11-13H2,(H,20,25). The highest BCUT2D eigenvalue weighted by Crippen LogP contribution is 2.21. The second-order valence-corrected chi connectivity index (χ2v) is 6.46. The first-order valence-corrected chi connectivity index (χ1v) is 8.82. The summed E-state index contributed by atoms with van der Waals surface area (Å²) in [6.07, 6.45) is 3.10. The first-order valence-electron chi connectivity index (χ1n) is 8.82. The second-order valence-electron chi connectivity index (χ2n) is 6.46. The summed E-state index contributed by atoms with van der Waals surface area (Å²) in [5.41, 5.74) is 1.95. The Bertz CT molecular complexity index is 1050. The number of rotatable bonds is 5. The molecule has 8 nitrogen and oxygen atoms in total. The lowest BCUT2D eigenvalue weighted by Crippen LogP contribution is -2.32.